The molecule has 0 heterocycles. The predicted octanol–water partition coefficient (Wildman–Crippen LogP) is 3.81. The van der Waals surface area contributed by atoms with E-state index in [0.29, 0.717) is 16.9 Å². The molecule has 2 rings (SSSR count). The van der Waals surface area contributed by atoms with E-state index in [9.17, 15) is 9.59 Å². The average Bonchev–Trinajstić information content (AvgIpc) is 2.54. The first-order valence-electron chi connectivity index (χ1n) is 7.19. The largest absolute Gasteiger partial charge is 0.493 e. The molecule has 2 aromatic carbocycles. The molecular weight excluding hydrogens is 308 g/mol. The fourth-order valence-corrected chi connectivity index (χ4v) is 1.95. The lowest BCUT2D eigenvalue weighted by Gasteiger charge is -2.13. The number of esters is 2. The minimum atomic E-state index is -0.565. The highest BCUT2D eigenvalue weighted by atomic mass is 16.6. The molecule has 5 heteroatoms. The molecule has 0 spiro atoms. The number of hydrogen-bond donors (Lipinski definition) is 0. The summed E-state index contributed by atoms with van der Waals surface area (Å²) in [6, 6.07) is 8.53. The number of carbonyl (C=O) groups is 2. The number of benzene rings is 2. The molecule has 0 N–H and O–H groups in total. The number of ether oxygens (including phenoxy) is 3. The fourth-order valence-electron chi connectivity index (χ4n) is 1.95. The van der Waals surface area contributed by atoms with E-state index in [4.69, 9.17) is 14.2 Å². The Morgan fingerprint density at radius 2 is 1.50 bits per heavy atom. The Hall–Kier alpha value is -3.08. The van der Waals surface area contributed by atoms with Crippen molar-refractivity contribution in [3.8, 4) is 17.2 Å². The molecule has 0 atom stereocenters. The molecule has 0 radical (unpaired) electrons. The molecule has 0 aliphatic carbocycles. The zero-order chi connectivity index (χ0) is 17.9. The standard InChI is InChI=1S/C19H18O5/c1-11(2)18(20)23-14-8-6-13-7-9-16(22-5)17(15(13)10-14)24-19(21)12(3)4/h6-10H,1,3H2,2,4-5H3. The molecule has 0 bridgehead atoms. The molecule has 5 nitrogen and oxygen atoms in total. The average molecular weight is 326 g/mol. The van der Waals surface area contributed by atoms with E-state index in [0.717, 1.165) is 5.39 Å². The van der Waals surface area contributed by atoms with Crippen molar-refractivity contribution in [2.24, 2.45) is 0 Å². The van der Waals surface area contributed by atoms with Gasteiger partial charge in [-0.25, -0.2) is 9.59 Å². The summed E-state index contributed by atoms with van der Waals surface area (Å²) in [6.45, 7) is 10.2. The van der Waals surface area contributed by atoms with Gasteiger partial charge in [-0.2, -0.15) is 0 Å². The third kappa shape index (κ3) is 3.63. The molecule has 0 saturated heterocycles. The van der Waals surface area contributed by atoms with Gasteiger partial charge >= 0.3 is 11.9 Å². The van der Waals surface area contributed by atoms with Gasteiger partial charge in [0, 0.05) is 16.5 Å². The summed E-state index contributed by atoms with van der Waals surface area (Å²) < 4.78 is 15.9. The van der Waals surface area contributed by atoms with Crippen molar-refractivity contribution in [1.29, 1.82) is 0 Å². The van der Waals surface area contributed by atoms with Gasteiger partial charge in [-0.1, -0.05) is 25.3 Å². The van der Waals surface area contributed by atoms with Crippen LogP contribution in [-0.4, -0.2) is 19.0 Å². The summed E-state index contributed by atoms with van der Waals surface area (Å²) in [6.07, 6.45) is 0. The van der Waals surface area contributed by atoms with E-state index in [1.807, 2.05) is 6.07 Å². The highest BCUT2D eigenvalue weighted by Crippen LogP contribution is 2.37. The maximum atomic E-state index is 11.9. The molecule has 2 aromatic rings. The predicted molar refractivity (Wildman–Crippen MR) is 91.4 cm³/mol. The second kappa shape index (κ2) is 7.00. The Bertz CT molecular complexity index is 848. The highest BCUT2D eigenvalue weighted by Gasteiger charge is 2.16. The SMILES string of the molecule is C=C(C)C(=O)Oc1ccc2ccc(OC)c(OC(=O)C(=C)C)c2c1. The van der Waals surface area contributed by atoms with Gasteiger partial charge in [-0.3, -0.25) is 0 Å². The van der Waals surface area contributed by atoms with Crippen molar-refractivity contribution < 1.29 is 23.8 Å². The van der Waals surface area contributed by atoms with Crippen LogP contribution in [0.4, 0.5) is 0 Å². The summed E-state index contributed by atoms with van der Waals surface area (Å²) in [4.78, 5) is 23.6. The van der Waals surface area contributed by atoms with E-state index in [-0.39, 0.29) is 16.9 Å². The van der Waals surface area contributed by atoms with Crippen LogP contribution in [0.3, 0.4) is 0 Å². The van der Waals surface area contributed by atoms with Crippen molar-refractivity contribution >= 4 is 22.7 Å². The van der Waals surface area contributed by atoms with Gasteiger partial charge in [0.25, 0.3) is 0 Å². The minimum absolute atomic E-state index is 0.247. The molecule has 0 aliphatic heterocycles. The lowest BCUT2D eigenvalue weighted by molar-refractivity contribution is -0.131. The number of hydrogen-bond acceptors (Lipinski definition) is 5. The van der Waals surface area contributed by atoms with Gasteiger partial charge in [0.15, 0.2) is 11.5 Å². The van der Waals surface area contributed by atoms with Crippen LogP contribution in [0.5, 0.6) is 17.2 Å². The van der Waals surface area contributed by atoms with Crippen LogP contribution in [0.25, 0.3) is 10.8 Å². The summed E-state index contributed by atoms with van der Waals surface area (Å²) in [5.74, 6) is -0.143. The van der Waals surface area contributed by atoms with Gasteiger partial charge in [-0.15, -0.1) is 0 Å². The Labute approximate surface area is 140 Å². The van der Waals surface area contributed by atoms with Crippen LogP contribution in [-0.2, 0) is 9.59 Å². The molecular formula is C19H18O5. The summed E-state index contributed by atoms with van der Waals surface area (Å²) in [7, 11) is 1.48. The van der Waals surface area contributed by atoms with Gasteiger partial charge in [0.2, 0.25) is 0 Å². The van der Waals surface area contributed by atoms with Crippen molar-refractivity contribution in [2.75, 3.05) is 7.11 Å². The Balaban J connectivity index is 2.54. The molecule has 124 valence electrons. The molecule has 0 unspecified atom stereocenters. The monoisotopic (exact) mass is 326 g/mol. The van der Waals surface area contributed by atoms with Crippen molar-refractivity contribution in [2.45, 2.75) is 13.8 Å². The van der Waals surface area contributed by atoms with Crippen LogP contribution >= 0.6 is 0 Å². The van der Waals surface area contributed by atoms with Crippen LogP contribution < -0.4 is 14.2 Å². The molecule has 0 aromatic heterocycles. The second-order valence-corrected chi connectivity index (χ2v) is 5.32. The van der Waals surface area contributed by atoms with Gasteiger partial charge in [-0.05, 0) is 37.4 Å². The molecule has 24 heavy (non-hydrogen) atoms. The molecule has 0 fully saturated rings. The first-order chi connectivity index (χ1) is 11.3. The fraction of sp³-hybridized carbons (Fsp3) is 0.158. The zero-order valence-corrected chi connectivity index (χ0v) is 13.8. The minimum Gasteiger partial charge on any atom is -0.493 e. The van der Waals surface area contributed by atoms with Crippen molar-refractivity contribution in [1.82, 2.24) is 0 Å². The number of carbonyl (C=O) groups excluding carboxylic acids is 2. The molecule has 0 aliphatic rings. The first kappa shape index (κ1) is 17.3. The molecule has 0 saturated carbocycles. The van der Waals surface area contributed by atoms with E-state index in [2.05, 4.69) is 13.2 Å². The number of methoxy groups -OCH3 is 1. The van der Waals surface area contributed by atoms with E-state index >= 15 is 0 Å². The highest BCUT2D eigenvalue weighted by molar-refractivity contribution is 5.97. The lowest BCUT2D eigenvalue weighted by atomic mass is 10.1. The maximum absolute atomic E-state index is 11.9. The quantitative estimate of drug-likeness (QED) is 0.475. The van der Waals surface area contributed by atoms with Crippen LogP contribution in [0.15, 0.2) is 54.6 Å². The smallest absolute Gasteiger partial charge is 0.338 e. The normalized spacial score (nSPS) is 10.1. The third-order valence-electron chi connectivity index (χ3n) is 3.23. The van der Waals surface area contributed by atoms with Crippen LogP contribution in [0.1, 0.15) is 13.8 Å². The van der Waals surface area contributed by atoms with Crippen molar-refractivity contribution in [3.63, 3.8) is 0 Å². The zero-order valence-electron chi connectivity index (χ0n) is 13.8. The second-order valence-electron chi connectivity index (χ2n) is 5.32. The van der Waals surface area contributed by atoms with E-state index in [1.165, 1.54) is 7.11 Å². The van der Waals surface area contributed by atoms with E-state index < -0.39 is 11.9 Å². The van der Waals surface area contributed by atoms with Gasteiger partial charge < -0.3 is 14.2 Å². The Kier molecular flexibility index (Phi) is 5.04. The number of rotatable bonds is 5. The molecule has 0 amide bonds. The van der Waals surface area contributed by atoms with Crippen LogP contribution in [0, 0.1) is 0 Å². The summed E-state index contributed by atoms with van der Waals surface area (Å²) >= 11 is 0. The number of fused-ring (bicyclic) bond motifs is 1. The maximum Gasteiger partial charge on any atom is 0.338 e. The Morgan fingerprint density at radius 3 is 2.08 bits per heavy atom. The summed E-state index contributed by atoms with van der Waals surface area (Å²) in [5, 5.41) is 1.38. The lowest BCUT2D eigenvalue weighted by Crippen LogP contribution is -2.10. The van der Waals surface area contributed by atoms with E-state index in [1.54, 1.807) is 38.1 Å². The summed E-state index contributed by atoms with van der Waals surface area (Å²) in [5.41, 5.74) is 0.550. The van der Waals surface area contributed by atoms with Crippen LogP contribution in [0.2, 0.25) is 0 Å². The Morgan fingerprint density at radius 1 is 0.917 bits per heavy atom. The van der Waals surface area contributed by atoms with Gasteiger partial charge in [0.1, 0.15) is 5.75 Å². The van der Waals surface area contributed by atoms with Crippen molar-refractivity contribution in [3.05, 3.63) is 54.6 Å². The van der Waals surface area contributed by atoms with Gasteiger partial charge in [0.05, 0.1) is 7.11 Å². The third-order valence-corrected chi connectivity index (χ3v) is 3.23. The topological polar surface area (TPSA) is 61.8 Å². The first-order valence-corrected chi connectivity index (χ1v) is 7.19.